The first-order valence-corrected chi connectivity index (χ1v) is 6.64. The minimum atomic E-state index is 0.559. The van der Waals surface area contributed by atoms with E-state index in [-0.39, 0.29) is 0 Å². The number of rotatable bonds is 4. The van der Waals surface area contributed by atoms with Gasteiger partial charge < -0.3 is 10.5 Å². The van der Waals surface area contributed by atoms with Gasteiger partial charge in [-0.3, -0.25) is 0 Å². The predicted molar refractivity (Wildman–Crippen MR) is 76.2 cm³/mol. The van der Waals surface area contributed by atoms with Crippen molar-refractivity contribution >= 4 is 27.5 Å². The Morgan fingerprint density at radius 2 is 2.17 bits per heavy atom. The molecule has 0 aliphatic heterocycles. The zero-order valence-corrected chi connectivity index (χ0v) is 11.9. The van der Waals surface area contributed by atoms with Gasteiger partial charge in [0.25, 0.3) is 0 Å². The standard InChI is InChI=1S/C13H12BrClN2O/c14-11-8-10(15)3-4-12(11)18-13-9(5-6-16)2-1-7-17-13/h1-4,7-8H,5-6,16H2. The van der Waals surface area contributed by atoms with Crippen molar-refractivity contribution in [2.45, 2.75) is 6.42 Å². The van der Waals surface area contributed by atoms with Gasteiger partial charge in [0.1, 0.15) is 5.75 Å². The summed E-state index contributed by atoms with van der Waals surface area (Å²) in [6.45, 7) is 0.559. The second kappa shape index (κ2) is 6.18. The van der Waals surface area contributed by atoms with Crippen molar-refractivity contribution < 1.29 is 4.74 Å². The van der Waals surface area contributed by atoms with Crippen molar-refractivity contribution in [1.82, 2.24) is 4.98 Å². The number of halogens is 2. The first-order valence-electron chi connectivity index (χ1n) is 5.47. The lowest BCUT2D eigenvalue weighted by molar-refractivity contribution is 0.453. The third kappa shape index (κ3) is 3.22. The van der Waals surface area contributed by atoms with E-state index in [2.05, 4.69) is 20.9 Å². The first kappa shape index (κ1) is 13.3. The molecule has 0 radical (unpaired) electrons. The summed E-state index contributed by atoms with van der Waals surface area (Å²) >= 11 is 9.29. The molecule has 3 nitrogen and oxygen atoms in total. The van der Waals surface area contributed by atoms with Gasteiger partial charge in [-0.05, 0) is 53.2 Å². The number of pyridine rings is 1. The van der Waals surface area contributed by atoms with E-state index >= 15 is 0 Å². The highest BCUT2D eigenvalue weighted by Gasteiger charge is 2.08. The number of hydrogen-bond acceptors (Lipinski definition) is 3. The van der Waals surface area contributed by atoms with Crippen molar-refractivity contribution in [1.29, 1.82) is 0 Å². The van der Waals surface area contributed by atoms with E-state index in [0.29, 0.717) is 23.2 Å². The van der Waals surface area contributed by atoms with E-state index in [9.17, 15) is 0 Å². The quantitative estimate of drug-likeness (QED) is 0.929. The van der Waals surface area contributed by atoms with Gasteiger partial charge in [-0.25, -0.2) is 4.98 Å². The summed E-state index contributed by atoms with van der Waals surface area (Å²) in [4.78, 5) is 4.22. The molecule has 0 atom stereocenters. The summed E-state index contributed by atoms with van der Waals surface area (Å²) < 4.78 is 6.57. The fourth-order valence-electron chi connectivity index (χ4n) is 1.52. The van der Waals surface area contributed by atoms with Gasteiger partial charge in [0.2, 0.25) is 5.88 Å². The zero-order valence-electron chi connectivity index (χ0n) is 9.57. The molecule has 94 valence electrons. The van der Waals surface area contributed by atoms with Crippen molar-refractivity contribution in [3.63, 3.8) is 0 Å². The number of hydrogen-bond donors (Lipinski definition) is 1. The van der Waals surface area contributed by atoms with Crippen LogP contribution in [-0.2, 0) is 6.42 Å². The Morgan fingerprint density at radius 3 is 2.89 bits per heavy atom. The van der Waals surface area contributed by atoms with Crippen molar-refractivity contribution in [3.8, 4) is 11.6 Å². The zero-order chi connectivity index (χ0) is 13.0. The number of aromatic nitrogens is 1. The average Bonchev–Trinajstić information content (AvgIpc) is 2.35. The molecule has 0 saturated heterocycles. The van der Waals surface area contributed by atoms with Crippen LogP contribution in [0.4, 0.5) is 0 Å². The van der Waals surface area contributed by atoms with Gasteiger partial charge in [-0.1, -0.05) is 17.7 Å². The van der Waals surface area contributed by atoms with Gasteiger partial charge >= 0.3 is 0 Å². The molecular weight excluding hydrogens is 316 g/mol. The molecule has 0 spiro atoms. The SMILES string of the molecule is NCCc1cccnc1Oc1ccc(Cl)cc1Br. The topological polar surface area (TPSA) is 48.1 Å². The second-order valence-corrected chi connectivity index (χ2v) is 4.97. The lowest BCUT2D eigenvalue weighted by Crippen LogP contribution is -2.04. The molecule has 0 unspecified atom stereocenters. The number of nitrogens with zero attached hydrogens (tertiary/aromatic N) is 1. The fourth-order valence-corrected chi connectivity index (χ4v) is 2.29. The molecule has 0 bridgehead atoms. The number of benzene rings is 1. The third-order valence-electron chi connectivity index (χ3n) is 2.36. The molecule has 0 aliphatic rings. The van der Waals surface area contributed by atoms with Crippen LogP contribution >= 0.6 is 27.5 Å². The predicted octanol–water partition coefficient (Wildman–Crippen LogP) is 3.79. The Hall–Kier alpha value is -1.10. The minimum Gasteiger partial charge on any atom is -0.438 e. The summed E-state index contributed by atoms with van der Waals surface area (Å²) in [6.07, 6.45) is 2.42. The lowest BCUT2D eigenvalue weighted by atomic mass is 10.2. The maximum Gasteiger partial charge on any atom is 0.222 e. The van der Waals surface area contributed by atoms with Crippen LogP contribution in [0.25, 0.3) is 0 Å². The molecule has 1 aromatic heterocycles. The minimum absolute atomic E-state index is 0.559. The molecule has 18 heavy (non-hydrogen) atoms. The molecule has 2 aromatic rings. The van der Waals surface area contributed by atoms with Crippen LogP contribution in [0.3, 0.4) is 0 Å². The van der Waals surface area contributed by atoms with Gasteiger partial charge in [0.15, 0.2) is 0 Å². The second-order valence-electron chi connectivity index (χ2n) is 3.68. The largest absolute Gasteiger partial charge is 0.438 e. The summed E-state index contributed by atoms with van der Waals surface area (Å²) in [5, 5.41) is 0.650. The van der Waals surface area contributed by atoms with Crippen molar-refractivity contribution in [2.75, 3.05) is 6.54 Å². The highest BCUT2D eigenvalue weighted by Crippen LogP contribution is 2.32. The Labute approximate surface area is 119 Å². The van der Waals surface area contributed by atoms with Crippen LogP contribution in [0.1, 0.15) is 5.56 Å². The van der Waals surface area contributed by atoms with E-state index in [0.717, 1.165) is 16.5 Å². The monoisotopic (exact) mass is 326 g/mol. The van der Waals surface area contributed by atoms with E-state index in [1.807, 2.05) is 12.1 Å². The van der Waals surface area contributed by atoms with E-state index in [1.54, 1.807) is 24.4 Å². The molecule has 2 N–H and O–H groups in total. The molecular formula is C13H12BrClN2O. The Bertz CT molecular complexity index is 548. The van der Waals surface area contributed by atoms with Gasteiger partial charge in [0, 0.05) is 16.8 Å². The Morgan fingerprint density at radius 1 is 1.33 bits per heavy atom. The van der Waals surface area contributed by atoms with Crippen LogP contribution in [0.15, 0.2) is 41.0 Å². The molecule has 5 heteroatoms. The van der Waals surface area contributed by atoms with Crippen LogP contribution < -0.4 is 10.5 Å². The highest BCUT2D eigenvalue weighted by atomic mass is 79.9. The summed E-state index contributed by atoms with van der Waals surface area (Å²) in [5.41, 5.74) is 6.55. The van der Waals surface area contributed by atoms with Gasteiger partial charge in [0.05, 0.1) is 4.47 Å². The molecule has 2 rings (SSSR count). The van der Waals surface area contributed by atoms with Crippen LogP contribution in [-0.4, -0.2) is 11.5 Å². The molecule has 0 fully saturated rings. The van der Waals surface area contributed by atoms with E-state index in [4.69, 9.17) is 22.1 Å². The summed E-state index contributed by atoms with van der Waals surface area (Å²) in [5.74, 6) is 1.25. The van der Waals surface area contributed by atoms with Crippen LogP contribution in [0.5, 0.6) is 11.6 Å². The maximum atomic E-state index is 5.88. The highest BCUT2D eigenvalue weighted by molar-refractivity contribution is 9.10. The third-order valence-corrected chi connectivity index (χ3v) is 3.22. The molecule has 0 amide bonds. The molecule has 1 heterocycles. The van der Waals surface area contributed by atoms with Crippen molar-refractivity contribution in [2.24, 2.45) is 5.73 Å². The molecule has 1 aromatic carbocycles. The summed E-state index contributed by atoms with van der Waals surface area (Å²) in [7, 11) is 0. The number of nitrogens with two attached hydrogens (primary N) is 1. The van der Waals surface area contributed by atoms with Crippen LogP contribution in [0.2, 0.25) is 5.02 Å². The lowest BCUT2D eigenvalue weighted by Gasteiger charge is -2.10. The maximum absolute atomic E-state index is 5.88. The normalized spacial score (nSPS) is 10.4. The fraction of sp³-hybridized carbons (Fsp3) is 0.154. The average molecular weight is 328 g/mol. The molecule has 0 saturated carbocycles. The van der Waals surface area contributed by atoms with Gasteiger partial charge in [-0.2, -0.15) is 0 Å². The Kier molecular flexibility index (Phi) is 4.58. The van der Waals surface area contributed by atoms with Gasteiger partial charge in [-0.15, -0.1) is 0 Å². The van der Waals surface area contributed by atoms with E-state index < -0.39 is 0 Å². The summed E-state index contributed by atoms with van der Waals surface area (Å²) in [6, 6.07) is 9.18. The molecule has 0 aliphatic carbocycles. The Balaban J connectivity index is 2.28. The van der Waals surface area contributed by atoms with Crippen LogP contribution in [0, 0.1) is 0 Å². The number of ether oxygens (including phenoxy) is 1. The van der Waals surface area contributed by atoms with E-state index in [1.165, 1.54) is 0 Å². The first-order chi connectivity index (χ1) is 8.70. The smallest absolute Gasteiger partial charge is 0.222 e. The van der Waals surface area contributed by atoms with Crippen molar-refractivity contribution in [3.05, 3.63) is 51.6 Å².